The van der Waals surface area contributed by atoms with E-state index in [-0.39, 0.29) is 11.2 Å². The van der Waals surface area contributed by atoms with Gasteiger partial charge in [-0.2, -0.15) is 0 Å². The summed E-state index contributed by atoms with van der Waals surface area (Å²) in [6.45, 7) is 8.32. The van der Waals surface area contributed by atoms with E-state index >= 15 is 0 Å². The predicted molar refractivity (Wildman–Crippen MR) is 105 cm³/mol. The van der Waals surface area contributed by atoms with Crippen molar-refractivity contribution in [2.45, 2.75) is 40.5 Å². The highest BCUT2D eigenvalue weighted by atomic mass is 16.1. The summed E-state index contributed by atoms with van der Waals surface area (Å²) in [5, 5.41) is 8.06. The molecule has 0 atom stereocenters. The van der Waals surface area contributed by atoms with Crippen LogP contribution in [0.3, 0.4) is 0 Å². The van der Waals surface area contributed by atoms with Gasteiger partial charge < -0.3 is 5.32 Å². The molecule has 0 spiro atoms. The first-order chi connectivity index (χ1) is 12.8. The lowest BCUT2D eigenvalue weighted by Crippen LogP contribution is -2.28. The van der Waals surface area contributed by atoms with Crippen molar-refractivity contribution in [3.63, 3.8) is 0 Å². The molecule has 6 heteroatoms. The molecule has 0 bridgehead atoms. The summed E-state index contributed by atoms with van der Waals surface area (Å²) in [6, 6.07) is 7.94. The molecule has 1 aliphatic rings. The van der Waals surface area contributed by atoms with Gasteiger partial charge in [0.25, 0.3) is 5.95 Å². The van der Waals surface area contributed by atoms with E-state index in [9.17, 15) is 4.79 Å². The van der Waals surface area contributed by atoms with Crippen molar-refractivity contribution in [1.29, 1.82) is 0 Å². The zero-order valence-electron chi connectivity index (χ0n) is 16.1. The van der Waals surface area contributed by atoms with Crippen molar-refractivity contribution in [2.75, 3.05) is 5.32 Å². The Hall–Kier alpha value is -3.02. The molecule has 3 aromatic rings. The van der Waals surface area contributed by atoms with Gasteiger partial charge in [0.05, 0.1) is 11.3 Å². The average Bonchev–Trinajstić information content (AvgIpc) is 2.95. The second kappa shape index (κ2) is 6.30. The van der Waals surface area contributed by atoms with Gasteiger partial charge in [0.15, 0.2) is 11.6 Å². The van der Waals surface area contributed by atoms with E-state index in [2.05, 4.69) is 42.1 Å². The minimum Gasteiger partial charge on any atom is -0.338 e. The highest BCUT2D eigenvalue weighted by molar-refractivity contribution is 6.03. The number of hydrogen-bond donors (Lipinski definition) is 1. The highest BCUT2D eigenvalue weighted by Crippen LogP contribution is 2.39. The highest BCUT2D eigenvalue weighted by Gasteiger charge is 2.37. The lowest BCUT2D eigenvalue weighted by molar-refractivity contribution is 0.0911. The number of benzene rings is 1. The molecule has 0 unspecified atom stereocenters. The monoisotopic (exact) mass is 361 g/mol. The topological polar surface area (TPSA) is 72.7 Å². The zero-order valence-corrected chi connectivity index (χ0v) is 16.1. The Morgan fingerprint density at radius 2 is 1.85 bits per heavy atom. The normalized spacial score (nSPS) is 15.5. The van der Waals surface area contributed by atoms with Gasteiger partial charge in [-0.25, -0.2) is 14.6 Å². The largest absolute Gasteiger partial charge is 0.338 e. The van der Waals surface area contributed by atoms with Crippen LogP contribution < -0.4 is 5.32 Å². The van der Waals surface area contributed by atoms with Crippen LogP contribution in [0.1, 0.15) is 47.4 Å². The van der Waals surface area contributed by atoms with Crippen molar-refractivity contribution in [3.8, 4) is 5.95 Å². The molecule has 1 N–H and O–H groups in total. The Morgan fingerprint density at radius 3 is 2.56 bits per heavy atom. The van der Waals surface area contributed by atoms with Crippen LogP contribution in [-0.2, 0) is 6.42 Å². The van der Waals surface area contributed by atoms with Gasteiger partial charge in [-0.3, -0.25) is 4.79 Å². The van der Waals surface area contributed by atoms with Gasteiger partial charge >= 0.3 is 0 Å². The number of aromatic nitrogens is 4. The van der Waals surface area contributed by atoms with Crippen LogP contribution in [0.2, 0.25) is 0 Å². The molecule has 1 aliphatic carbocycles. The number of aryl methyl sites for hydroxylation is 2. The van der Waals surface area contributed by atoms with Gasteiger partial charge in [0.2, 0.25) is 0 Å². The fourth-order valence-corrected chi connectivity index (χ4v) is 3.68. The van der Waals surface area contributed by atoms with Crippen molar-refractivity contribution in [3.05, 3.63) is 59.0 Å². The second-order valence-electron chi connectivity index (χ2n) is 8.02. The Labute approximate surface area is 158 Å². The lowest BCUT2D eigenvalue weighted by atomic mass is 9.76. The molecule has 0 saturated heterocycles. The van der Waals surface area contributed by atoms with E-state index in [1.165, 1.54) is 5.56 Å². The lowest BCUT2D eigenvalue weighted by Gasteiger charge is -2.28. The van der Waals surface area contributed by atoms with Crippen molar-refractivity contribution in [1.82, 2.24) is 19.7 Å². The molecule has 4 rings (SSSR count). The standard InChI is InChI=1S/C21H23N5O/c1-13-6-7-15(14(2)10-13)24-19-18-16(11-21(3,4)12-17(18)27)26(25-19)20-22-8-5-9-23-20/h5-10H,11-12H2,1-4H3,(H,24,25). The van der Waals surface area contributed by atoms with Crippen LogP contribution >= 0.6 is 0 Å². The SMILES string of the molecule is Cc1ccc(Nc2nn(-c3ncccn3)c3c2C(=O)CC(C)(C)C3)c(C)c1. The van der Waals surface area contributed by atoms with Gasteiger partial charge in [-0.1, -0.05) is 31.5 Å². The van der Waals surface area contributed by atoms with Crippen molar-refractivity contribution in [2.24, 2.45) is 5.41 Å². The molecule has 6 nitrogen and oxygen atoms in total. The van der Waals surface area contributed by atoms with Gasteiger partial charge in [-0.15, -0.1) is 5.10 Å². The van der Waals surface area contributed by atoms with Crippen LogP contribution in [0.4, 0.5) is 11.5 Å². The van der Waals surface area contributed by atoms with E-state index < -0.39 is 0 Å². The van der Waals surface area contributed by atoms with E-state index in [0.717, 1.165) is 23.4 Å². The number of nitrogens with zero attached hydrogens (tertiary/aromatic N) is 4. The predicted octanol–water partition coefficient (Wildman–Crippen LogP) is 4.18. The first kappa shape index (κ1) is 17.4. The third-order valence-corrected chi connectivity index (χ3v) is 4.92. The number of rotatable bonds is 3. The Balaban J connectivity index is 1.85. The van der Waals surface area contributed by atoms with Crippen LogP contribution in [0.5, 0.6) is 0 Å². The van der Waals surface area contributed by atoms with E-state index in [1.54, 1.807) is 23.1 Å². The summed E-state index contributed by atoms with van der Waals surface area (Å²) >= 11 is 0. The third-order valence-electron chi connectivity index (χ3n) is 4.92. The molecule has 27 heavy (non-hydrogen) atoms. The Bertz CT molecular complexity index is 1020. The average molecular weight is 361 g/mol. The summed E-state index contributed by atoms with van der Waals surface area (Å²) in [5.74, 6) is 1.16. The second-order valence-corrected chi connectivity index (χ2v) is 8.02. The number of nitrogens with one attached hydrogen (secondary N) is 1. The number of fused-ring (bicyclic) bond motifs is 1. The molecule has 0 radical (unpaired) electrons. The summed E-state index contributed by atoms with van der Waals surface area (Å²) in [7, 11) is 0. The summed E-state index contributed by atoms with van der Waals surface area (Å²) in [6.07, 6.45) is 4.61. The fraction of sp³-hybridized carbons (Fsp3) is 0.333. The molecule has 0 saturated carbocycles. The van der Waals surface area contributed by atoms with Gasteiger partial charge in [0.1, 0.15) is 0 Å². The number of Topliss-reactive ketones (excluding diaryl/α,β-unsaturated/α-hetero) is 1. The molecule has 2 aromatic heterocycles. The van der Waals surface area contributed by atoms with E-state index in [1.807, 2.05) is 19.1 Å². The Morgan fingerprint density at radius 1 is 1.11 bits per heavy atom. The van der Waals surface area contributed by atoms with Gasteiger partial charge in [0, 0.05) is 24.5 Å². The minimum atomic E-state index is -0.117. The van der Waals surface area contributed by atoms with E-state index in [0.29, 0.717) is 23.8 Å². The van der Waals surface area contributed by atoms with Crippen LogP contribution in [0, 0.1) is 19.3 Å². The molecule has 0 amide bonds. The molecule has 138 valence electrons. The number of hydrogen-bond acceptors (Lipinski definition) is 5. The third kappa shape index (κ3) is 3.23. The van der Waals surface area contributed by atoms with E-state index in [4.69, 9.17) is 5.10 Å². The number of ketones is 1. The van der Waals surface area contributed by atoms with Crippen molar-refractivity contribution < 1.29 is 4.79 Å². The first-order valence-corrected chi connectivity index (χ1v) is 9.11. The molecule has 0 fully saturated rings. The first-order valence-electron chi connectivity index (χ1n) is 9.11. The maximum Gasteiger partial charge on any atom is 0.250 e. The molecular formula is C21H23N5O. The summed E-state index contributed by atoms with van der Waals surface area (Å²) in [4.78, 5) is 21.6. The van der Waals surface area contributed by atoms with Crippen molar-refractivity contribution >= 4 is 17.3 Å². The number of carbonyl (C=O) groups excluding carboxylic acids is 1. The molecule has 1 aromatic carbocycles. The maximum atomic E-state index is 13.0. The quantitative estimate of drug-likeness (QED) is 0.758. The number of anilines is 2. The van der Waals surface area contributed by atoms with Crippen LogP contribution in [0.15, 0.2) is 36.7 Å². The fourth-order valence-electron chi connectivity index (χ4n) is 3.68. The summed E-state index contributed by atoms with van der Waals surface area (Å²) < 4.78 is 1.71. The van der Waals surface area contributed by atoms with Crippen LogP contribution in [-0.4, -0.2) is 25.5 Å². The minimum absolute atomic E-state index is 0.107. The summed E-state index contributed by atoms with van der Waals surface area (Å²) in [5.41, 5.74) is 4.66. The molecule has 0 aliphatic heterocycles. The molecular weight excluding hydrogens is 338 g/mol. The number of carbonyl (C=O) groups is 1. The Kier molecular flexibility index (Phi) is 4.06. The maximum absolute atomic E-state index is 13.0. The smallest absolute Gasteiger partial charge is 0.250 e. The van der Waals surface area contributed by atoms with Gasteiger partial charge in [-0.05, 0) is 43.4 Å². The molecule has 2 heterocycles. The van der Waals surface area contributed by atoms with Crippen LogP contribution in [0.25, 0.3) is 5.95 Å². The zero-order chi connectivity index (χ0) is 19.2.